The molecule has 0 aliphatic carbocycles. The number of halogens is 1. The summed E-state index contributed by atoms with van der Waals surface area (Å²) in [6.07, 6.45) is 5.53. The Bertz CT molecular complexity index is 810. The number of fused-ring (bicyclic) bond motifs is 1. The number of nitrogens with zero attached hydrogens (tertiary/aromatic N) is 2. The average molecular weight is 387 g/mol. The topological polar surface area (TPSA) is 49.3 Å². The molecule has 0 spiro atoms. The quantitative estimate of drug-likeness (QED) is 0.829. The second kappa shape index (κ2) is 8.05. The molecule has 4 rings (SSSR count). The minimum atomic E-state index is 0.00260. The van der Waals surface area contributed by atoms with Crippen LogP contribution in [-0.4, -0.2) is 54.6 Å². The van der Waals surface area contributed by atoms with E-state index in [2.05, 4.69) is 33.3 Å². The lowest BCUT2D eigenvalue weighted by molar-refractivity contribution is 0.0912. The Balaban J connectivity index is 1.44. The predicted molar refractivity (Wildman–Crippen MR) is 109 cm³/mol. The minimum absolute atomic E-state index is 0.00260. The van der Waals surface area contributed by atoms with Crippen molar-refractivity contribution in [1.82, 2.24) is 20.1 Å². The highest BCUT2D eigenvalue weighted by Gasteiger charge is 2.26. The number of hydrogen-bond acceptors (Lipinski definition) is 3. The van der Waals surface area contributed by atoms with E-state index in [0.29, 0.717) is 17.6 Å². The van der Waals surface area contributed by atoms with E-state index < -0.39 is 0 Å². The van der Waals surface area contributed by atoms with E-state index in [0.717, 1.165) is 29.8 Å². The lowest BCUT2D eigenvalue weighted by Gasteiger charge is -2.31. The molecule has 1 aromatic heterocycles. The fraction of sp³-hybridized carbons (Fsp3) is 0.476. The number of piperidine rings is 1. The molecule has 2 aromatic rings. The van der Waals surface area contributed by atoms with Crippen LogP contribution in [0, 0.1) is 0 Å². The van der Waals surface area contributed by atoms with E-state index in [-0.39, 0.29) is 11.9 Å². The smallest absolute Gasteiger partial charge is 0.268 e. The standard InChI is InChI=1S/C21H27ClN4O/c1-25-9-6-18(7-10-25)23-8-5-19-13-24-21(27)20-12-16(14-26(19)20)15-3-2-4-17(22)11-15/h2-4,11-12,14,18-19,23H,5-10,13H2,1H3,(H,24,27). The molecule has 1 saturated heterocycles. The molecule has 6 heteroatoms. The number of hydrogen-bond donors (Lipinski definition) is 2. The highest BCUT2D eigenvalue weighted by molar-refractivity contribution is 6.30. The maximum Gasteiger partial charge on any atom is 0.268 e. The van der Waals surface area contributed by atoms with Crippen molar-refractivity contribution in [1.29, 1.82) is 0 Å². The highest BCUT2D eigenvalue weighted by Crippen LogP contribution is 2.29. The first-order valence-corrected chi connectivity index (χ1v) is 10.2. The van der Waals surface area contributed by atoms with E-state index in [4.69, 9.17) is 11.6 Å². The highest BCUT2D eigenvalue weighted by atomic mass is 35.5. The maximum atomic E-state index is 12.3. The summed E-state index contributed by atoms with van der Waals surface area (Å²) in [7, 11) is 2.19. The Kier molecular flexibility index (Phi) is 5.53. The van der Waals surface area contributed by atoms with Crippen LogP contribution in [0.15, 0.2) is 36.5 Å². The zero-order chi connectivity index (χ0) is 18.8. The van der Waals surface area contributed by atoms with Crippen molar-refractivity contribution in [3.8, 4) is 11.1 Å². The Labute approximate surface area is 165 Å². The van der Waals surface area contributed by atoms with Crippen molar-refractivity contribution in [2.24, 2.45) is 0 Å². The van der Waals surface area contributed by atoms with Crippen molar-refractivity contribution in [2.75, 3.05) is 33.2 Å². The molecule has 1 unspecified atom stereocenters. The largest absolute Gasteiger partial charge is 0.349 e. The third kappa shape index (κ3) is 4.21. The Morgan fingerprint density at radius 3 is 2.81 bits per heavy atom. The summed E-state index contributed by atoms with van der Waals surface area (Å²) in [6.45, 7) is 3.99. The number of rotatable bonds is 5. The van der Waals surface area contributed by atoms with Crippen LogP contribution in [-0.2, 0) is 0 Å². The first kappa shape index (κ1) is 18.5. The molecule has 5 nitrogen and oxygen atoms in total. The number of benzene rings is 1. The van der Waals surface area contributed by atoms with Crippen LogP contribution in [0.1, 0.15) is 35.8 Å². The molecule has 0 saturated carbocycles. The predicted octanol–water partition coefficient (Wildman–Crippen LogP) is 3.17. The molecule has 3 heterocycles. The van der Waals surface area contributed by atoms with Crippen LogP contribution in [0.2, 0.25) is 5.02 Å². The molecule has 1 fully saturated rings. The third-order valence-corrected chi connectivity index (χ3v) is 6.00. The molecule has 144 valence electrons. The van der Waals surface area contributed by atoms with Gasteiger partial charge in [-0.1, -0.05) is 23.7 Å². The van der Waals surface area contributed by atoms with Crippen molar-refractivity contribution >= 4 is 17.5 Å². The van der Waals surface area contributed by atoms with Gasteiger partial charge in [0.2, 0.25) is 0 Å². The van der Waals surface area contributed by atoms with Gasteiger partial charge in [-0.3, -0.25) is 4.79 Å². The number of likely N-dealkylation sites (tertiary alicyclic amines) is 1. The summed E-state index contributed by atoms with van der Waals surface area (Å²) in [5.74, 6) is 0.00260. The van der Waals surface area contributed by atoms with Gasteiger partial charge in [-0.05, 0) is 69.7 Å². The lowest BCUT2D eigenvalue weighted by atomic mass is 10.0. The first-order chi connectivity index (χ1) is 13.1. The molecule has 2 aliphatic heterocycles. The second-order valence-electron chi connectivity index (χ2n) is 7.72. The summed E-state index contributed by atoms with van der Waals surface area (Å²) in [6, 6.07) is 10.6. The van der Waals surface area contributed by atoms with Gasteiger partial charge in [-0.25, -0.2) is 0 Å². The molecule has 0 radical (unpaired) electrons. The lowest BCUT2D eigenvalue weighted by Crippen LogP contribution is -2.43. The third-order valence-electron chi connectivity index (χ3n) is 5.76. The van der Waals surface area contributed by atoms with Gasteiger partial charge in [0.25, 0.3) is 5.91 Å². The summed E-state index contributed by atoms with van der Waals surface area (Å²) in [4.78, 5) is 14.7. The average Bonchev–Trinajstić information content (AvgIpc) is 3.12. The summed E-state index contributed by atoms with van der Waals surface area (Å²) < 4.78 is 2.14. The van der Waals surface area contributed by atoms with Crippen molar-refractivity contribution in [3.05, 3.63) is 47.2 Å². The molecule has 1 aromatic carbocycles. The second-order valence-corrected chi connectivity index (χ2v) is 8.15. The zero-order valence-corrected chi connectivity index (χ0v) is 16.5. The number of nitrogens with one attached hydrogen (secondary N) is 2. The summed E-state index contributed by atoms with van der Waals surface area (Å²) >= 11 is 6.13. The van der Waals surface area contributed by atoms with Crippen LogP contribution in [0.4, 0.5) is 0 Å². The molecular formula is C21H27ClN4O. The molecule has 27 heavy (non-hydrogen) atoms. The van der Waals surface area contributed by atoms with Crippen LogP contribution in [0.5, 0.6) is 0 Å². The van der Waals surface area contributed by atoms with Crippen molar-refractivity contribution in [2.45, 2.75) is 31.3 Å². The van der Waals surface area contributed by atoms with Gasteiger partial charge < -0.3 is 20.1 Å². The van der Waals surface area contributed by atoms with E-state index >= 15 is 0 Å². The SMILES string of the molecule is CN1CCC(NCCC2CNC(=O)c3cc(-c4cccc(Cl)c4)cn32)CC1. The van der Waals surface area contributed by atoms with Crippen LogP contribution in [0.25, 0.3) is 11.1 Å². The Morgan fingerprint density at radius 2 is 2.04 bits per heavy atom. The van der Waals surface area contributed by atoms with Gasteiger partial charge in [0.15, 0.2) is 0 Å². The normalized spacial score (nSPS) is 21.1. The molecular weight excluding hydrogens is 360 g/mol. The molecule has 0 bridgehead atoms. The van der Waals surface area contributed by atoms with Gasteiger partial charge in [0, 0.05) is 29.4 Å². The number of carbonyl (C=O) groups is 1. The van der Waals surface area contributed by atoms with Crippen LogP contribution < -0.4 is 10.6 Å². The number of amides is 1. The van der Waals surface area contributed by atoms with Gasteiger partial charge in [0.05, 0.1) is 6.04 Å². The zero-order valence-electron chi connectivity index (χ0n) is 15.7. The van der Waals surface area contributed by atoms with Crippen molar-refractivity contribution < 1.29 is 4.79 Å². The number of aromatic nitrogens is 1. The van der Waals surface area contributed by atoms with E-state index in [1.807, 2.05) is 30.3 Å². The molecule has 1 atom stereocenters. The maximum absolute atomic E-state index is 12.3. The Morgan fingerprint density at radius 1 is 1.22 bits per heavy atom. The van der Waals surface area contributed by atoms with E-state index in [1.165, 1.54) is 25.9 Å². The van der Waals surface area contributed by atoms with Crippen LogP contribution >= 0.6 is 11.6 Å². The van der Waals surface area contributed by atoms with Gasteiger partial charge in [-0.2, -0.15) is 0 Å². The monoisotopic (exact) mass is 386 g/mol. The molecule has 1 amide bonds. The summed E-state index contributed by atoms with van der Waals surface area (Å²) in [5.41, 5.74) is 2.82. The summed E-state index contributed by atoms with van der Waals surface area (Å²) in [5, 5.41) is 7.45. The molecule has 2 aliphatic rings. The van der Waals surface area contributed by atoms with Crippen molar-refractivity contribution in [3.63, 3.8) is 0 Å². The van der Waals surface area contributed by atoms with Gasteiger partial charge in [-0.15, -0.1) is 0 Å². The van der Waals surface area contributed by atoms with Gasteiger partial charge >= 0.3 is 0 Å². The molecule has 2 N–H and O–H groups in total. The van der Waals surface area contributed by atoms with Crippen LogP contribution in [0.3, 0.4) is 0 Å². The fourth-order valence-electron chi connectivity index (χ4n) is 4.10. The number of carbonyl (C=O) groups excluding carboxylic acids is 1. The Hall–Kier alpha value is -1.82. The van der Waals surface area contributed by atoms with E-state index in [1.54, 1.807) is 0 Å². The first-order valence-electron chi connectivity index (χ1n) is 9.78. The minimum Gasteiger partial charge on any atom is -0.349 e. The van der Waals surface area contributed by atoms with E-state index in [9.17, 15) is 4.79 Å². The fourth-order valence-corrected chi connectivity index (χ4v) is 4.29. The van der Waals surface area contributed by atoms with Gasteiger partial charge in [0.1, 0.15) is 5.69 Å².